The molecule has 0 aliphatic rings. The number of carbonyl (C=O) groups excluding carboxylic acids is 1. The van der Waals surface area contributed by atoms with Crippen LogP contribution < -0.4 is 5.32 Å². The van der Waals surface area contributed by atoms with Crippen molar-refractivity contribution < 1.29 is 9.18 Å². The molecule has 0 aromatic heterocycles. The number of halogens is 2. The van der Waals surface area contributed by atoms with Crippen LogP contribution in [0.25, 0.3) is 0 Å². The Hall–Kier alpha value is -2.19. The zero-order chi connectivity index (χ0) is 13.8. The summed E-state index contributed by atoms with van der Waals surface area (Å²) in [6, 6.07) is 12.4. The highest BCUT2D eigenvalue weighted by molar-refractivity contribution is 9.10. The first-order chi connectivity index (χ1) is 9.10. The molecule has 0 radical (unpaired) electrons. The maximum atomic E-state index is 13.5. The molecule has 1 amide bonds. The number of amides is 1. The van der Waals surface area contributed by atoms with E-state index in [9.17, 15) is 9.18 Å². The Morgan fingerprint density at radius 2 is 2.05 bits per heavy atom. The van der Waals surface area contributed by atoms with Gasteiger partial charge in [0.05, 0.1) is 17.3 Å². The lowest BCUT2D eigenvalue weighted by molar-refractivity contribution is 0.102. The minimum atomic E-state index is -0.520. The molecule has 0 aliphatic heterocycles. The van der Waals surface area contributed by atoms with Gasteiger partial charge in [0.1, 0.15) is 5.82 Å². The number of nitrogens with zero attached hydrogens (tertiary/aromatic N) is 1. The van der Waals surface area contributed by atoms with Gasteiger partial charge >= 0.3 is 0 Å². The van der Waals surface area contributed by atoms with Gasteiger partial charge in [-0.15, -0.1) is 0 Å². The summed E-state index contributed by atoms with van der Waals surface area (Å²) in [5.41, 5.74) is 0.766. The Labute approximate surface area is 117 Å². The standard InChI is InChI=1S/C14H8BrFN2O/c15-11-4-5-12(16)13(7-11)18-14(19)10-3-1-2-9(6-10)8-17/h1-7H,(H,18,19). The summed E-state index contributed by atoms with van der Waals surface area (Å²) < 4.78 is 14.2. The maximum absolute atomic E-state index is 13.5. The largest absolute Gasteiger partial charge is 0.319 e. The summed E-state index contributed by atoms with van der Waals surface area (Å²) in [6.45, 7) is 0. The molecule has 0 heterocycles. The summed E-state index contributed by atoms with van der Waals surface area (Å²) in [6.07, 6.45) is 0. The minimum absolute atomic E-state index is 0.0849. The van der Waals surface area contributed by atoms with Crippen LogP contribution >= 0.6 is 15.9 Å². The summed E-state index contributed by atoms with van der Waals surface area (Å²) in [4.78, 5) is 11.9. The molecule has 0 unspecified atom stereocenters. The Bertz CT molecular complexity index is 679. The van der Waals surface area contributed by atoms with Crippen LogP contribution in [0.15, 0.2) is 46.9 Å². The van der Waals surface area contributed by atoms with Crippen LogP contribution in [-0.4, -0.2) is 5.91 Å². The van der Waals surface area contributed by atoms with Gasteiger partial charge in [-0.3, -0.25) is 4.79 Å². The van der Waals surface area contributed by atoms with Gasteiger partial charge in [-0.1, -0.05) is 22.0 Å². The molecule has 0 fully saturated rings. The Kier molecular flexibility index (Phi) is 3.93. The summed E-state index contributed by atoms with van der Waals surface area (Å²) in [5.74, 6) is -0.984. The van der Waals surface area contributed by atoms with E-state index in [1.165, 1.54) is 18.2 Å². The van der Waals surface area contributed by atoms with Gasteiger partial charge < -0.3 is 5.32 Å². The molecular weight excluding hydrogens is 311 g/mol. The molecule has 0 saturated carbocycles. The molecule has 0 spiro atoms. The topological polar surface area (TPSA) is 52.9 Å². The number of rotatable bonds is 2. The molecule has 3 nitrogen and oxygen atoms in total. The lowest BCUT2D eigenvalue weighted by atomic mass is 10.1. The van der Waals surface area contributed by atoms with Gasteiger partial charge in [0.2, 0.25) is 0 Å². The Morgan fingerprint density at radius 1 is 1.26 bits per heavy atom. The molecular formula is C14H8BrFN2O. The van der Waals surface area contributed by atoms with Gasteiger partial charge in [-0.25, -0.2) is 4.39 Å². The highest BCUT2D eigenvalue weighted by Gasteiger charge is 2.10. The monoisotopic (exact) mass is 318 g/mol. The van der Waals surface area contributed by atoms with E-state index in [0.717, 1.165) is 0 Å². The number of hydrogen-bond donors (Lipinski definition) is 1. The van der Waals surface area contributed by atoms with Crippen molar-refractivity contribution in [1.82, 2.24) is 0 Å². The third-order valence-electron chi connectivity index (χ3n) is 2.43. The van der Waals surface area contributed by atoms with Crippen molar-refractivity contribution in [3.05, 3.63) is 63.9 Å². The summed E-state index contributed by atoms with van der Waals surface area (Å²) in [7, 11) is 0. The van der Waals surface area contributed by atoms with E-state index in [0.29, 0.717) is 15.6 Å². The lowest BCUT2D eigenvalue weighted by Gasteiger charge is -2.07. The second-order valence-electron chi connectivity index (χ2n) is 3.77. The molecule has 2 rings (SSSR count). The van der Waals surface area contributed by atoms with Crippen molar-refractivity contribution in [3.8, 4) is 6.07 Å². The van der Waals surface area contributed by atoms with Crippen molar-refractivity contribution in [3.63, 3.8) is 0 Å². The minimum Gasteiger partial charge on any atom is -0.319 e. The van der Waals surface area contributed by atoms with E-state index in [-0.39, 0.29) is 5.69 Å². The van der Waals surface area contributed by atoms with Gasteiger partial charge in [0, 0.05) is 10.0 Å². The van der Waals surface area contributed by atoms with E-state index in [4.69, 9.17) is 5.26 Å². The quantitative estimate of drug-likeness (QED) is 0.917. The highest BCUT2D eigenvalue weighted by atomic mass is 79.9. The Morgan fingerprint density at radius 3 is 2.79 bits per heavy atom. The first-order valence-electron chi connectivity index (χ1n) is 5.37. The molecule has 1 N–H and O–H groups in total. The fourth-order valence-electron chi connectivity index (χ4n) is 1.52. The van der Waals surface area contributed by atoms with E-state index < -0.39 is 11.7 Å². The smallest absolute Gasteiger partial charge is 0.255 e. The molecule has 2 aromatic carbocycles. The fourth-order valence-corrected chi connectivity index (χ4v) is 1.88. The molecule has 0 atom stereocenters. The molecule has 94 valence electrons. The van der Waals surface area contributed by atoms with Crippen molar-refractivity contribution in [2.75, 3.05) is 5.32 Å². The van der Waals surface area contributed by atoms with Gasteiger partial charge in [-0.05, 0) is 36.4 Å². The van der Waals surface area contributed by atoms with Crippen LogP contribution in [0.2, 0.25) is 0 Å². The van der Waals surface area contributed by atoms with Crippen LogP contribution in [0.3, 0.4) is 0 Å². The number of carbonyl (C=O) groups is 1. The molecule has 0 bridgehead atoms. The predicted octanol–water partition coefficient (Wildman–Crippen LogP) is 3.71. The van der Waals surface area contributed by atoms with Crippen LogP contribution in [0.1, 0.15) is 15.9 Å². The van der Waals surface area contributed by atoms with Crippen LogP contribution in [-0.2, 0) is 0 Å². The average Bonchev–Trinajstić information content (AvgIpc) is 2.43. The number of nitrogens with one attached hydrogen (secondary N) is 1. The normalized spacial score (nSPS) is 9.74. The number of anilines is 1. The first kappa shape index (κ1) is 13.2. The fraction of sp³-hybridized carbons (Fsp3) is 0. The number of nitriles is 1. The average molecular weight is 319 g/mol. The third kappa shape index (κ3) is 3.18. The number of benzene rings is 2. The van der Waals surface area contributed by atoms with Crippen LogP contribution in [0.4, 0.5) is 10.1 Å². The zero-order valence-electron chi connectivity index (χ0n) is 9.65. The van der Waals surface area contributed by atoms with Gasteiger partial charge in [-0.2, -0.15) is 5.26 Å². The van der Waals surface area contributed by atoms with E-state index >= 15 is 0 Å². The highest BCUT2D eigenvalue weighted by Crippen LogP contribution is 2.20. The van der Waals surface area contributed by atoms with E-state index in [2.05, 4.69) is 21.2 Å². The zero-order valence-corrected chi connectivity index (χ0v) is 11.2. The molecule has 0 aliphatic carbocycles. The summed E-state index contributed by atoms with van der Waals surface area (Å²) in [5, 5.41) is 11.2. The number of hydrogen-bond acceptors (Lipinski definition) is 2. The van der Waals surface area contributed by atoms with Gasteiger partial charge in [0.25, 0.3) is 5.91 Å². The second-order valence-corrected chi connectivity index (χ2v) is 4.69. The summed E-state index contributed by atoms with van der Waals surface area (Å²) >= 11 is 3.20. The lowest BCUT2D eigenvalue weighted by Crippen LogP contribution is -2.13. The van der Waals surface area contributed by atoms with Crippen LogP contribution in [0, 0.1) is 17.1 Å². The molecule has 19 heavy (non-hydrogen) atoms. The third-order valence-corrected chi connectivity index (χ3v) is 2.92. The Balaban J connectivity index is 2.26. The second kappa shape index (κ2) is 5.63. The van der Waals surface area contributed by atoms with Crippen molar-refractivity contribution in [2.45, 2.75) is 0 Å². The first-order valence-corrected chi connectivity index (χ1v) is 6.16. The van der Waals surface area contributed by atoms with Crippen LogP contribution in [0.5, 0.6) is 0 Å². The maximum Gasteiger partial charge on any atom is 0.255 e. The SMILES string of the molecule is N#Cc1cccc(C(=O)Nc2cc(Br)ccc2F)c1. The molecule has 0 saturated heterocycles. The van der Waals surface area contributed by atoms with E-state index in [1.807, 2.05) is 6.07 Å². The van der Waals surface area contributed by atoms with Gasteiger partial charge in [0.15, 0.2) is 0 Å². The predicted molar refractivity (Wildman–Crippen MR) is 73.2 cm³/mol. The van der Waals surface area contributed by atoms with Crippen molar-refractivity contribution in [1.29, 1.82) is 5.26 Å². The van der Waals surface area contributed by atoms with Crippen molar-refractivity contribution >= 4 is 27.5 Å². The molecule has 5 heteroatoms. The molecule has 2 aromatic rings. The van der Waals surface area contributed by atoms with E-state index in [1.54, 1.807) is 24.3 Å². The van der Waals surface area contributed by atoms with Crippen molar-refractivity contribution in [2.24, 2.45) is 0 Å².